The van der Waals surface area contributed by atoms with Crippen LogP contribution in [0.1, 0.15) is 30.1 Å². The number of non-ortho nitro benzene ring substituents is 1. The molecule has 2 N–H and O–H groups in total. The van der Waals surface area contributed by atoms with Crippen molar-refractivity contribution in [2.24, 2.45) is 0 Å². The molecule has 174 valence electrons. The predicted octanol–water partition coefficient (Wildman–Crippen LogP) is 3.82. The number of benzene rings is 2. The van der Waals surface area contributed by atoms with Crippen LogP contribution in [0.3, 0.4) is 0 Å². The number of nitrogens with one attached hydrogen (secondary N) is 2. The van der Waals surface area contributed by atoms with Crippen LogP contribution in [0.15, 0.2) is 42.5 Å². The molecule has 0 saturated carbocycles. The number of hydrogen-bond donors (Lipinski definition) is 2. The Morgan fingerprint density at radius 1 is 1.15 bits per heavy atom. The van der Waals surface area contributed by atoms with E-state index in [9.17, 15) is 19.7 Å². The Morgan fingerprint density at radius 2 is 1.88 bits per heavy atom. The van der Waals surface area contributed by atoms with E-state index in [2.05, 4.69) is 15.5 Å². The first kappa shape index (κ1) is 24.4. The minimum Gasteiger partial charge on any atom is -0.367 e. The number of nitro groups is 1. The molecule has 0 radical (unpaired) electrons. The molecule has 1 fully saturated rings. The molecular formula is C22H24ClN5O4S. The van der Waals surface area contributed by atoms with E-state index in [1.807, 2.05) is 17.9 Å². The Morgan fingerprint density at radius 3 is 2.52 bits per heavy atom. The molecule has 0 aliphatic carbocycles. The first-order valence-electron chi connectivity index (χ1n) is 10.5. The maximum atomic E-state index is 12.3. The van der Waals surface area contributed by atoms with Gasteiger partial charge in [0.15, 0.2) is 5.11 Å². The molecule has 2 amide bonds. The molecule has 1 saturated heterocycles. The number of anilines is 2. The average Bonchev–Trinajstić information content (AvgIpc) is 2.79. The molecule has 9 nitrogen and oxygen atoms in total. The highest BCUT2D eigenvalue weighted by Crippen LogP contribution is 2.29. The van der Waals surface area contributed by atoms with Gasteiger partial charge in [-0.15, -0.1) is 0 Å². The Bertz CT molecular complexity index is 1070. The van der Waals surface area contributed by atoms with Gasteiger partial charge in [0, 0.05) is 56.0 Å². The topological polar surface area (TPSA) is 108 Å². The van der Waals surface area contributed by atoms with Gasteiger partial charge in [-0.1, -0.05) is 24.6 Å². The number of thiocarbonyl (C=S) groups is 1. The molecule has 0 unspecified atom stereocenters. The largest absolute Gasteiger partial charge is 0.367 e. The van der Waals surface area contributed by atoms with Gasteiger partial charge in [0.2, 0.25) is 5.91 Å². The van der Waals surface area contributed by atoms with Crippen molar-refractivity contribution in [3.8, 4) is 0 Å². The third-order valence-corrected chi connectivity index (χ3v) is 5.70. The van der Waals surface area contributed by atoms with E-state index < -0.39 is 10.8 Å². The highest BCUT2D eigenvalue weighted by Gasteiger charge is 2.22. The highest BCUT2D eigenvalue weighted by atomic mass is 35.5. The third-order valence-electron chi connectivity index (χ3n) is 5.19. The third kappa shape index (κ3) is 6.39. The molecule has 3 rings (SSSR count). The SMILES string of the molecule is CCCC(=O)N1CCN(c2ccc(NC(=S)NC(=O)c3cccc([N+](=O)[O-])c3)cc2Cl)CC1. The van der Waals surface area contributed by atoms with Crippen LogP contribution in [0.25, 0.3) is 0 Å². The fourth-order valence-corrected chi connectivity index (χ4v) is 4.02. The molecule has 1 aliphatic heterocycles. The molecule has 0 atom stereocenters. The number of amides is 2. The van der Waals surface area contributed by atoms with Crippen molar-refractivity contribution in [3.05, 3.63) is 63.2 Å². The number of rotatable bonds is 6. The van der Waals surface area contributed by atoms with Gasteiger partial charge in [-0.05, 0) is 42.9 Å². The van der Waals surface area contributed by atoms with E-state index in [4.69, 9.17) is 23.8 Å². The normalized spacial score (nSPS) is 13.4. The Hall–Kier alpha value is -3.24. The predicted molar refractivity (Wildman–Crippen MR) is 132 cm³/mol. The first-order valence-corrected chi connectivity index (χ1v) is 11.3. The van der Waals surface area contributed by atoms with Crippen LogP contribution in [0.2, 0.25) is 5.02 Å². The lowest BCUT2D eigenvalue weighted by atomic mass is 10.2. The summed E-state index contributed by atoms with van der Waals surface area (Å²) in [5.41, 5.74) is 1.39. The van der Waals surface area contributed by atoms with Crippen molar-refractivity contribution in [2.75, 3.05) is 36.4 Å². The van der Waals surface area contributed by atoms with E-state index >= 15 is 0 Å². The van der Waals surface area contributed by atoms with Crippen LogP contribution in [0.5, 0.6) is 0 Å². The monoisotopic (exact) mass is 489 g/mol. The van der Waals surface area contributed by atoms with Crippen molar-refractivity contribution in [1.82, 2.24) is 10.2 Å². The van der Waals surface area contributed by atoms with Crippen molar-refractivity contribution in [1.29, 1.82) is 0 Å². The summed E-state index contributed by atoms with van der Waals surface area (Å²) in [4.78, 5) is 38.7. The zero-order valence-corrected chi connectivity index (χ0v) is 19.6. The summed E-state index contributed by atoms with van der Waals surface area (Å²) in [7, 11) is 0. The van der Waals surface area contributed by atoms with Crippen LogP contribution in [-0.2, 0) is 4.79 Å². The van der Waals surface area contributed by atoms with Gasteiger partial charge in [-0.25, -0.2) is 0 Å². The molecule has 2 aromatic rings. The quantitative estimate of drug-likeness (QED) is 0.360. The lowest BCUT2D eigenvalue weighted by molar-refractivity contribution is -0.384. The van der Waals surface area contributed by atoms with E-state index in [1.165, 1.54) is 24.3 Å². The molecular weight excluding hydrogens is 466 g/mol. The van der Waals surface area contributed by atoms with E-state index in [0.717, 1.165) is 12.1 Å². The van der Waals surface area contributed by atoms with Crippen molar-refractivity contribution < 1.29 is 14.5 Å². The van der Waals surface area contributed by atoms with E-state index in [1.54, 1.807) is 12.1 Å². The average molecular weight is 490 g/mol. The number of carbonyl (C=O) groups excluding carboxylic acids is 2. The Kier molecular flexibility index (Phi) is 8.18. The van der Waals surface area contributed by atoms with Crippen molar-refractivity contribution in [3.63, 3.8) is 0 Å². The summed E-state index contributed by atoms with van der Waals surface area (Å²) in [6.07, 6.45) is 1.41. The lowest BCUT2D eigenvalue weighted by Gasteiger charge is -2.36. The van der Waals surface area contributed by atoms with Crippen LogP contribution in [0.4, 0.5) is 17.1 Å². The highest BCUT2D eigenvalue weighted by molar-refractivity contribution is 7.80. The Balaban J connectivity index is 1.57. The summed E-state index contributed by atoms with van der Waals surface area (Å²) in [6, 6.07) is 10.7. The number of halogens is 1. The van der Waals surface area contributed by atoms with E-state index in [0.29, 0.717) is 43.3 Å². The van der Waals surface area contributed by atoms with E-state index in [-0.39, 0.29) is 22.3 Å². The van der Waals surface area contributed by atoms with Crippen molar-refractivity contribution in [2.45, 2.75) is 19.8 Å². The molecule has 0 aromatic heterocycles. The maximum Gasteiger partial charge on any atom is 0.270 e. The fourth-order valence-electron chi connectivity index (χ4n) is 3.51. The van der Waals surface area contributed by atoms with Gasteiger partial charge in [-0.2, -0.15) is 0 Å². The minimum atomic E-state index is -0.570. The van der Waals surface area contributed by atoms with Gasteiger partial charge in [0.05, 0.1) is 15.6 Å². The number of piperazine rings is 1. The number of nitro benzene ring substituents is 1. The van der Waals surface area contributed by atoms with Crippen LogP contribution in [-0.4, -0.2) is 52.9 Å². The Labute approximate surface area is 201 Å². The van der Waals surface area contributed by atoms with Gasteiger partial charge < -0.3 is 15.1 Å². The molecule has 33 heavy (non-hydrogen) atoms. The second-order valence-corrected chi connectivity index (χ2v) is 8.32. The summed E-state index contributed by atoms with van der Waals surface area (Å²) in [6.45, 7) is 4.69. The minimum absolute atomic E-state index is 0.0402. The van der Waals surface area contributed by atoms with Crippen molar-refractivity contribution >= 4 is 57.8 Å². The summed E-state index contributed by atoms with van der Waals surface area (Å²) < 4.78 is 0. The summed E-state index contributed by atoms with van der Waals surface area (Å²) in [5.74, 6) is -0.377. The molecule has 11 heteroatoms. The first-order chi connectivity index (χ1) is 15.8. The second-order valence-electron chi connectivity index (χ2n) is 7.50. The van der Waals surface area contributed by atoms with Crippen LogP contribution < -0.4 is 15.5 Å². The standard InChI is InChI=1S/C22H24ClN5O4S/c1-2-4-20(29)27-11-9-26(10-12-27)19-8-7-16(14-18(19)23)24-22(33)25-21(30)15-5-3-6-17(13-15)28(31)32/h3,5-8,13-14H,2,4,9-12H2,1H3,(H2,24,25,30,33). The number of nitrogens with zero attached hydrogens (tertiary/aromatic N) is 3. The fraction of sp³-hybridized carbons (Fsp3) is 0.318. The van der Waals surface area contributed by atoms with Gasteiger partial charge in [-0.3, -0.25) is 25.0 Å². The smallest absolute Gasteiger partial charge is 0.270 e. The second kappa shape index (κ2) is 11.1. The van der Waals surface area contributed by atoms with Gasteiger partial charge >= 0.3 is 0 Å². The zero-order chi connectivity index (χ0) is 24.0. The molecule has 0 spiro atoms. The van der Waals surface area contributed by atoms with Crippen LogP contribution in [0, 0.1) is 10.1 Å². The molecule has 1 aliphatic rings. The maximum absolute atomic E-state index is 12.3. The van der Waals surface area contributed by atoms with Gasteiger partial charge in [0.25, 0.3) is 11.6 Å². The molecule has 1 heterocycles. The number of carbonyl (C=O) groups is 2. The number of hydrogen-bond acceptors (Lipinski definition) is 6. The summed E-state index contributed by atoms with van der Waals surface area (Å²) >= 11 is 11.7. The van der Waals surface area contributed by atoms with Crippen LogP contribution >= 0.6 is 23.8 Å². The zero-order valence-electron chi connectivity index (χ0n) is 18.0. The van der Waals surface area contributed by atoms with Gasteiger partial charge in [0.1, 0.15) is 0 Å². The summed E-state index contributed by atoms with van der Waals surface area (Å²) in [5, 5.41) is 16.8. The molecule has 2 aromatic carbocycles. The molecule has 0 bridgehead atoms. The lowest BCUT2D eigenvalue weighted by Crippen LogP contribution is -2.48.